The standard InChI is InChI=1S/C14H13ClFIN2/c1-3-4-11-12(17)13(15)19-14(18-11)10-6-5-9(16)7-8(10)2/h5-7H,3-4H2,1-2H3. The van der Waals surface area contributed by atoms with Gasteiger partial charge in [0, 0.05) is 5.56 Å². The summed E-state index contributed by atoms with van der Waals surface area (Å²) >= 11 is 8.32. The van der Waals surface area contributed by atoms with Crippen LogP contribution >= 0.6 is 34.2 Å². The van der Waals surface area contributed by atoms with Crippen molar-refractivity contribution in [2.75, 3.05) is 0 Å². The minimum Gasteiger partial charge on any atom is -0.232 e. The van der Waals surface area contributed by atoms with Gasteiger partial charge in [-0.25, -0.2) is 14.4 Å². The van der Waals surface area contributed by atoms with Crippen LogP contribution in [0, 0.1) is 16.3 Å². The zero-order valence-electron chi connectivity index (χ0n) is 10.7. The molecule has 5 heteroatoms. The molecule has 0 amide bonds. The van der Waals surface area contributed by atoms with Crippen LogP contribution in [0.1, 0.15) is 24.6 Å². The van der Waals surface area contributed by atoms with Crippen molar-refractivity contribution < 1.29 is 4.39 Å². The molecular weight excluding hydrogens is 378 g/mol. The van der Waals surface area contributed by atoms with E-state index in [9.17, 15) is 4.39 Å². The second-order valence-electron chi connectivity index (χ2n) is 4.31. The van der Waals surface area contributed by atoms with E-state index in [0.717, 1.165) is 33.2 Å². The maximum Gasteiger partial charge on any atom is 0.161 e. The molecule has 2 nitrogen and oxygen atoms in total. The normalized spacial score (nSPS) is 10.8. The average Bonchev–Trinajstić information content (AvgIpc) is 2.35. The predicted octanol–water partition coefficient (Wildman–Crippen LogP) is 4.80. The number of nitrogens with zero attached hydrogens (tertiary/aromatic N) is 2. The summed E-state index contributed by atoms with van der Waals surface area (Å²) in [6.45, 7) is 3.93. The van der Waals surface area contributed by atoms with Crippen LogP contribution in [-0.2, 0) is 6.42 Å². The Morgan fingerprint density at radius 2 is 2.05 bits per heavy atom. The van der Waals surface area contributed by atoms with Crippen LogP contribution in [-0.4, -0.2) is 9.97 Å². The average molecular weight is 391 g/mol. The minimum atomic E-state index is -0.258. The molecule has 0 bridgehead atoms. The zero-order valence-corrected chi connectivity index (χ0v) is 13.6. The molecule has 1 aromatic carbocycles. The van der Waals surface area contributed by atoms with E-state index in [1.54, 1.807) is 6.07 Å². The van der Waals surface area contributed by atoms with Crippen molar-refractivity contribution in [1.82, 2.24) is 9.97 Å². The van der Waals surface area contributed by atoms with Crippen LogP contribution in [0.5, 0.6) is 0 Å². The number of hydrogen-bond donors (Lipinski definition) is 0. The highest BCUT2D eigenvalue weighted by Crippen LogP contribution is 2.26. The van der Waals surface area contributed by atoms with Gasteiger partial charge in [-0.3, -0.25) is 0 Å². The Morgan fingerprint density at radius 1 is 1.32 bits per heavy atom. The number of benzene rings is 1. The molecule has 0 saturated heterocycles. The quantitative estimate of drug-likeness (QED) is 0.556. The van der Waals surface area contributed by atoms with Crippen LogP contribution in [0.25, 0.3) is 11.4 Å². The van der Waals surface area contributed by atoms with Crippen molar-refractivity contribution in [3.05, 3.63) is 44.0 Å². The van der Waals surface area contributed by atoms with Crippen LogP contribution in [0.15, 0.2) is 18.2 Å². The Hall–Kier alpha value is -0.750. The van der Waals surface area contributed by atoms with Crippen molar-refractivity contribution in [3.8, 4) is 11.4 Å². The van der Waals surface area contributed by atoms with E-state index < -0.39 is 0 Å². The Morgan fingerprint density at radius 3 is 2.68 bits per heavy atom. The van der Waals surface area contributed by atoms with Gasteiger partial charge in [-0.05, 0) is 59.7 Å². The molecule has 0 N–H and O–H groups in total. The number of halogens is 3. The first kappa shape index (κ1) is 14.7. The Kier molecular flexibility index (Phi) is 4.73. The summed E-state index contributed by atoms with van der Waals surface area (Å²) in [5, 5.41) is 0.456. The van der Waals surface area contributed by atoms with E-state index in [1.807, 2.05) is 6.92 Å². The highest BCUT2D eigenvalue weighted by molar-refractivity contribution is 14.1. The fourth-order valence-corrected chi connectivity index (χ4v) is 2.56. The molecular formula is C14H13ClFIN2. The molecule has 0 aliphatic carbocycles. The molecule has 0 fully saturated rings. The summed E-state index contributed by atoms with van der Waals surface area (Å²) in [7, 11) is 0. The lowest BCUT2D eigenvalue weighted by Crippen LogP contribution is -2.01. The first-order valence-electron chi connectivity index (χ1n) is 6.01. The van der Waals surface area contributed by atoms with E-state index in [0.29, 0.717) is 11.0 Å². The number of aryl methyl sites for hydroxylation is 2. The first-order chi connectivity index (χ1) is 9.02. The largest absolute Gasteiger partial charge is 0.232 e. The predicted molar refractivity (Wildman–Crippen MR) is 83.9 cm³/mol. The molecule has 2 aromatic rings. The second-order valence-corrected chi connectivity index (χ2v) is 5.74. The first-order valence-corrected chi connectivity index (χ1v) is 7.47. The number of aromatic nitrogens is 2. The monoisotopic (exact) mass is 390 g/mol. The van der Waals surface area contributed by atoms with Crippen LogP contribution in [0.4, 0.5) is 4.39 Å². The lowest BCUT2D eigenvalue weighted by molar-refractivity contribution is 0.627. The molecule has 0 saturated carbocycles. The third-order valence-corrected chi connectivity index (χ3v) is 4.52. The topological polar surface area (TPSA) is 25.8 Å². The van der Waals surface area contributed by atoms with E-state index in [1.165, 1.54) is 12.1 Å². The number of rotatable bonds is 3. The summed E-state index contributed by atoms with van der Waals surface area (Å²) in [6.07, 6.45) is 1.85. The van der Waals surface area contributed by atoms with E-state index >= 15 is 0 Å². The van der Waals surface area contributed by atoms with Crippen molar-refractivity contribution in [2.45, 2.75) is 26.7 Å². The van der Waals surface area contributed by atoms with Crippen molar-refractivity contribution in [2.24, 2.45) is 0 Å². The fraction of sp³-hybridized carbons (Fsp3) is 0.286. The molecule has 0 atom stereocenters. The molecule has 0 radical (unpaired) electrons. The third-order valence-electron chi connectivity index (χ3n) is 2.80. The van der Waals surface area contributed by atoms with Crippen LogP contribution in [0.3, 0.4) is 0 Å². The Bertz CT molecular complexity index is 617. The summed E-state index contributed by atoms with van der Waals surface area (Å²) in [6, 6.07) is 4.58. The van der Waals surface area contributed by atoms with Crippen molar-refractivity contribution in [1.29, 1.82) is 0 Å². The number of hydrogen-bond acceptors (Lipinski definition) is 2. The molecule has 0 aliphatic heterocycles. The van der Waals surface area contributed by atoms with E-state index in [4.69, 9.17) is 11.6 Å². The SMILES string of the molecule is CCCc1nc(-c2ccc(F)cc2C)nc(Cl)c1I. The van der Waals surface area contributed by atoms with Gasteiger partial charge >= 0.3 is 0 Å². The van der Waals surface area contributed by atoms with Crippen molar-refractivity contribution in [3.63, 3.8) is 0 Å². The molecule has 0 aliphatic rings. The van der Waals surface area contributed by atoms with Crippen LogP contribution in [0.2, 0.25) is 5.15 Å². The zero-order chi connectivity index (χ0) is 14.0. The molecule has 19 heavy (non-hydrogen) atoms. The maximum atomic E-state index is 13.1. The van der Waals surface area contributed by atoms with Gasteiger partial charge in [0.15, 0.2) is 5.82 Å². The summed E-state index contributed by atoms with van der Waals surface area (Å²) in [4.78, 5) is 8.86. The van der Waals surface area contributed by atoms with Crippen LogP contribution < -0.4 is 0 Å². The van der Waals surface area contributed by atoms with Gasteiger partial charge in [-0.2, -0.15) is 0 Å². The highest BCUT2D eigenvalue weighted by atomic mass is 127. The Balaban J connectivity index is 2.56. The lowest BCUT2D eigenvalue weighted by Gasteiger charge is -2.09. The maximum absolute atomic E-state index is 13.1. The molecule has 0 spiro atoms. The molecule has 1 aromatic heterocycles. The molecule has 100 valence electrons. The van der Waals surface area contributed by atoms with Gasteiger partial charge in [0.25, 0.3) is 0 Å². The molecule has 2 rings (SSSR count). The summed E-state index contributed by atoms with van der Waals surface area (Å²) in [5.41, 5.74) is 2.57. The second kappa shape index (κ2) is 6.13. The van der Waals surface area contributed by atoms with Gasteiger partial charge < -0.3 is 0 Å². The fourth-order valence-electron chi connectivity index (χ4n) is 1.86. The third kappa shape index (κ3) is 3.23. The minimum absolute atomic E-state index is 0.258. The van der Waals surface area contributed by atoms with Gasteiger partial charge in [-0.15, -0.1) is 0 Å². The Labute approximate surface area is 130 Å². The van der Waals surface area contributed by atoms with Gasteiger partial charge in [0.1, 0.15) is 11.0 Å². The van der Waals surface area contributed by atoms with E-state index in [2.05, 4.69) is 39.5 Å². The lowest BCUT2D eigenvalue weighted by atomic mass is 10.1. The summed E-state index contributed by atoms with van der Waals surface area (Å²) in [5.74, 6) is 0.304. The highest BCUT2D eigenvalue weighted by Gasteiger charge is 2.13. The summed E-state index contributed by atoms with van der Waals surface area (Å²) < 4.78 is 14.0. The van der Waals surface area contributed by atoms with Gasteiger partial charge in [0.05, 0.1) is 9.26 Å². The molecule has 0 unspecified atom stereocenters. The smallest absolute Gasteiger partial charge is 0.161 e. The van der Waals surface area contributed by atoms with E-state index in [-0.39, 0.29) is 5.82 Å². The van der Waals surface area contributed by atoms with Crippen molar-refractivity contribution >= 4 is 34.2 Å². The van der Waals surface area contributed by atoms with Gasteiger partial charge in [0.2, 0.25) is 0 Å². The van der Waals surface area contributed by atoms with Gasteiger partial charge in [-0.1, -0.05) is 24.9 Å². The molecule has 1 heterocycles.